The second-order valence-electron chi connectivity index (χ2n) is 4.77. The molecule has 0 unspecified atom stereocenters. The largest absolute Gasteiger partial charge is 0.273 e. The fraction of sp³-hybridized carbons (Fsp3) is 0.500. The molecule has 0 atom stereocenters. The Hall–Kier alpha value is -1.43. The van der Waals surface area contributed by atoms with Crippen molar-refractivity contribution in [3.8, 4) is 6.07 Å². The van der Waals surface area contributed by atoms with Crippen LogP contribution in [0, 0.1) is 11.3 Å². The van der Waals surface area contributed by atoms with E-state index in [9.17, 15) is 8.78 Å². The molecule has 0 spiro atoms. The summed E-state index contributed by atoms with van der Waals surface area (Å²) in [4.78, 5) is 0. The molecule has 3 heteroatoms. The highest BCUT2D eigenvalue weighted by molar-refractivity contribution is 5.35. The van der Waals surface area contributed by atoms with Crippen molar-refractivity contribution in [1.82, 2.24) is 0 Å². The maximum Gasteiger partial charge on any atom is 0.273 e. The van der Waals surface area contributed by atoms with Crippen molar-refractivity contribution in [2.75, 3.05) is 0 Å². The lowest BCUT2D eigenvalue weighted by molar-refractivity contribution is -0.0141. The zero-order valence-electron chi connectivity index (χ0n) is 10.4. The van der Waals surface area contributed by atoms with Crippen molar-refractivity contribution in [3.05, 3.63) is 35.4 Å². The van der Waals surface area contributed by atoms with Gasteiger partial charge in [0, 0.05) is 12.0 Å². The van der Waals surface area contributed by atoms with Crippen LogP contribution in [0.3, 0.4) is 0 Å². The molecule has 1 aromatic carbocycles. The minimum Gasteiger partial charge on any atom is -0.201 e. The maximum atomic E-state index is 13.7. The number of halogens is 2. The summed E-state index contributed by atoms with van der Waals surface area (Å²) in [6.45, 7) is 5.19. The number of benzene rings is 1. The first kappa shape index (κ1) is 13.6. The van der Waals surface area contributed by atoms with E-state index in [1.54, 1.807) is 32.9 Å². The molecule has 1 nitrogen and oxygen atoms in total. The van der Waals surface area contributed by atoms with Gasteiger partial charge < -0.3 is 0 Å². The highest BCUT2D eigenvalue weighted by atomic mass is 19.3. The van der Waals surface area contributed by atoms with Crippen LogP contribution in [0.5, 0.6) is 0 Å². The zero-order chi connectivity index (χ0) is 13.1. The van der Waals surface area contributed by atoms with E-state index >= 15 is 0 Å². The predicted molar refractivity (Wildman–Crippen MR) is 63.9 cm³/mol. The Morgan fingerprint density at radius 2 is 1.82 bits per heavy atom. The molecular formula is C14H17F2N. The molecule has 17 heavy (non-hydrogen) atoms. The molecule has 0 aliphatic carbocycles. The smallest absolute Gasteiger partial charge is 0.201 e. The average Bonchev–Trinajstić information content (AvgIpc) is 2.29. The number of rotatable bonds is 4. The van der Waals surface area contributed by atoms with E-state index in [1.165, 1.54) is 12.1 Å². The Balaban J connectivity index is 3.15. The summed E-state index contributed by atoms with van der Waals surface area (Å²) in [6.07, 6.45) is 0.266. The molecule has 0 aliphatic rings. The van der Waals surface area contributed by atoms with Crippen LogP contribution in [0.4, 0.5) is 8.78 Å². The summed E-state index contributed by atoms with van der Waals surface area (Å²) >= 11 is 0. The molecule has 0 bridgehead atoms. The van der Waals surface area contributed by atoms with Gasteiger partial charge >= 0.3 is 0 Å². The highest BCUT2D eigenvalue weighted by Crippen LogP contribution is 2.35. The maximum absolute atomic E-state index is 13.7. The molecule has 0 aliphatic heterocycles. The SMILES string of the molecule is CCCC(F)(F)c1cccc(C(C)(C)C#N)c1. The minimum absolute atomic E-state index is 0.000162. The number of nitrogens with zero attached hydrogens (tertiary/aromatic N) is 1. The van der Waals surface area contributed by atoms with Gasteiger partial charge in [-0.2, -0.15) is 5.26 Å². The van der Waals surface area contributed by atoms with E-state index in [-0.39, 0.29) is 12.0 Å². The summed E-state index contributed by atoms with van der Waals surface area (Å²) in [6, 6.07) is 8.30. The molecule has 0 saturated heterocycles. The average molecular weight is 237 g/mol. The summed E-state index contributed by atoms with van der Waals surface area (Å²) in [5, 5.41) is 9.01. The Morgan fingerprint density at radius 3 is 2.35 bits per heavy atom. The molecule has 0 fully saturated rings. The highest BCUT2D eigenvalue weighted by Gasteiger charge is 2.31. The molecule has 1 aromatic rings. The van der Waals surface area contributed by atoms with Gasteiger partial charge in [0.05, 0.1) is 11.5 Å². The van der Waals surface area contributed by atoms with E-state index < -0.39 is 11.3 Å². The zero-order valence-corrected chi connectivity index (χ0v) is 10.4. The van der Waals surface area contributed by atoms with Gasteiger partial charge in [-0.15, -0.1) is 0 Å². The molecule has 0 saturated carbocycles. The van der Waals surface area contributed by atoms with E-state index in [2.05, 4.69) is 6.07 Å². The van der Waals surface area contributed by atoms with Crippen LogP contribution in [-0.2, 0) is 11.3 Å². The monoisotopic (exact) mass is 237 g/mol. The molecule has 0 heterocycles. The first-order valence-electron chi connectivity index (χ1n) is 5.73. The van der Waals surface area contributed by atoms with Gasteiger partial charge in [-0.3, -0.25) is 0 Å². The Morgan fingerprint density at radius 1 is 1.24 bits per heavy atom. The molecule has 0 aromatic heterocycles. The van der Waals surface area contributed by atoms with Crippen molar-refractivity contribution < 1.29 is 8.78 Å². The van der Waals surface area contributed by atoms with Crippen LogP contribution in [0.1, 0.15) is 44.7 Å². The Kier molecular flexibility index (Phi) is 3.87. The molecule has 92 valence electrons. The van der Waals surface area contributed by atoms with Gasteiger partial charge in [0.15, 0.2) is 0 Å². The molecular weight excluding hydrogens is 220 g/mol. The Bertz CT molecular complexity index is 430. The van der Waals surface area contributed by atoms with Crippen LogP contribution >= 0.6 is 0 Å². The standard InChI is InChI=1S/C14H17F2N/c1-4-8-14(15,16)12-7-5-6-11(9-12)13(2,3)10-17/h5-7,9H,4,8H2,1-3H3. The normalized spacial score (nSPS) is 12.2. The van der Waals surface area contributed by atoms with Crippen LogP contribution < -0.4 is 0 Å². The molecule has 0 amide bonds. The van der Waals surface area contributed by atoms with Crippen molar-refractivity contribution in [1.29, 1.82) is 5.26 Å². The summed E-state index contributed by atoms with van der Waals surface area (Å²) < 4.78 is 27.5. The lowest BCUT2D eigenvalue weighted by Crippen LogP contribution is -2.17. The van der Waals surface area contributed by atoms with Gasteiger partial charge in [-0.05, 0) is 25.5 Å². The fourth-order valence-corrected chi connectivity index (χ4v) is 1.66. The molecule has 0 N–H and O–H groups in total. The van der Waals surface area contributed by atoms with Crippen LogP contribution in [0.15, 0.2) is 24.3 Å². The Labute approximate surface area is 101 Å². The van der Waals surface area contributed by atoms with E-state index in [1.807, 2.05) is 0 Å². The summed E-state index contributed by atoms with van der Waals surface area (Å²) in [5.74, 6) is -2.81. The second kappa shape index (κ2) is 4.83. The van der Waals surface area contributed by atoms with E-state index in [0.29, 0.717) is 12.0 Å². The van der Waals surface area contributed by atoms with E-state index in [0.717, 1.165) is 0 Å². The van der Waals surface area contributed by atoms with Gasteiger partial charge in [-0.25, -0.2) is 8.78 Å². The number of alkyl halides is 2. The second-order valence-corrected chi connectivity index (χ2v) is 4.77. The lowest BCUT2D eigenvalue weighted by atomic mass is 9.84. The molecule has 1 rings (SSSR count). The molecule has 0 radical (unpaired) electrons. The van der Waals surface area contributed by atoms with Crippen molar-refractivity contribution in [3.63, 3.8) is 0 Å². The summed E-state index contributed by atoms with van der Waals surface area (Å²) in [7, 11) is 0. The third-order valence-corrected chi connectivity index (χ3v) is 2.85. The van der Waals surface area contributed by atoms with Crippen LogP contribution in [-0.4, -0.2) is 0 Å². The third-order valence-electron chi connectivity index (χ3n) is 2.85. The fourth-order valence-electron chi connectivity index (χ4n) is 1.66. The number of nitriles is 1. The number of hydrogen-bond donors (Lipinski definition) is 0. The first-order valence-corrected chi connectivity index (χ1v) is 5.73. The van der Waals surface area contributed by atoms with Gasteiger partial charge in [-0.1, -0.05) is 31.5 Å². The van der Waals surface area contributed by atoms with Crippen LogP contribution in [0.2, 0.25) is 0 Å². The van der Waals surface area contributed by atoms with Gasteiger partial charge in [0.2, 0.25) is 0 Å². The van der Waals surface area contributed by atoms with Crippen LogP contribution in [0.25, 0.3) is 0 Å². The van der Waals surface area contributed by atoms with E-state index in [4.69, 9.17) is 5.26 Å². The van der Waals surface area contributed by atoms with Crippen molar-refractivity contribution in [2.24, 2.45) is 0 Å². The van der Waals surface area contributed by atoms with Gasteiger partial charge in [0.1, 0.15) is 0 Å². The topological polar surface area (TPSA) is 23.8 Å². The quantitative estimate of drug-likeness (QED) is 0.762. The van der Waals surface area contributed by atoms with Gasteiger partial charge in [0.25, 0.3) is 5.92 Å². The van der Waals surface area contributed by atoms with Crippen molar-refractivity contribution >= 4 is 0 Å². The minimum atomic E-state index is -2.81. The summed E-state index contributed by atoms with van der Waals surface area (Å²) in [5.41, 5.74) is -0.105. The predicted octanol–water partition coefficient (Wildman–Crippen LogP) is 4.38. The number of hydrogen-bond acceptors (Lipinski definition) is 1. The van der Waals surface area contributed by atoms with Crippen molar-refractivity contribution in [2.45, 2.75) is 45.0 Å². The first-order chi connectivity index (χ1) is 7.83. The lowest BCUT2D eigenvalue weighted by Gasteiger charge is -2.20. The third kappa shape index (κ3) is 3.03.